The standard InChI is InChI=1S/C21H26N2O2/c1-16-12-18(8-10-22-16)14-21(24)23-11-9-19(20(15-23)25-2)13-17-6-4-3-5-7-17/h3-8,10,12,19-20H,9,11,13-15H2,1-2H3/t19-,20+/m1/s1. The van der Waals surface area contributed by atoms with Gasteiger partial charge in [-0.25, -0.2) is 0 Å². The first-order valence-corrected chi connectivity index (χ1v) is 8.91. The van der Waals surface area contributed by atoms with Crippen LogP contribution in [0.5, 0.6) is 0 Å². The summed E-state index contributed by atoms with van der Waals surface area (Å²) < 4.78 is 5.72. The second kappa shape index (κ2) is 8.26. The van der Waals surface area contributed by atoms with E-state index < -0.39 is 0 Å². The number of aromatic nitrogens is 1. The van der Waals surface area contributed by atoms with Gasteiger partial charge in [0.05, 0.1) is 12.5 Å². The summed E-state index contributed by atoms with van der Waals surface area (Å²) in [5.74, 6) is 0.630. The van der Waals surface area contributed by atoms with Crippen LogP contribution in [0, 0.1) is 12.8 Å². The summed E-state index contributed by atoms with van der Waals surface area (Å²) in [6, 6.07) is 14.4. The van der Waals surface area contributed by atoms with Crippen molar-refractivity contribution in [3.05, 3.63) is 65.5 Å². The van der Waals surface area contributed by atoms with E-state index in [1.54, 1.807) is 13.3 Å². The van der Waals surface area contributed by atoms with E-state index in [0.717, 1.165) is 30.6 Å². The molecule has 1 aromatic heterocycles. The number of aryl methyl sites for hydroxylation is 1. The predicted molar refractivity (Wildman–Crippen MR) is 98.3 cm³/mol. The van der Waals surface area contributed by atoms with Crippen molar-refractivity contribution in [1.82, 2.24) is 9.88 Å². The van der Waals surface area contributed by atoms with Crippen LogP contribution >= 0.6 is 0 Å². The summed E-state index contributed by atoms with van der Waals surface area (Å²) in [4.78, 5) is 18.8. The molecule has 4 heteroatoms. The summed E-state index contributed by atoms with van der Waals surface area (Å²) in [5.41, 5.74) is 3.31. The molecule has 1 amide bonds. The number of carbonyl (C=O) groups excluding carboxylic acids is 1. The maximum Gasteiger partial charge on any atom is 0.227 e. The van der Waals surface area contributed by atoms with Gasteiger partial charge in [-0.05, 0) is 48.9 Å². The van der Waals surface area contributed by atoms with Crippen LogP contribution in [0.1, 0.15) is 23.2 Å². The van der Waals surface area contributed by atoms with Crippen LogP contribution in [-0.4, -0.2) is 42.1 Å². The third-order valence-corrected chi connectivity index (χ3v) is 5.01. The number of hydrogen-bond donors (Lipinski definition) is 0. The van der Waals surface area contributed by atoms with Gasteiger partial charge in [0.1, 0.15) is 0 Å². The smallest absolute Gasteiger partial charge is 0.227 e. The average molecular weight is 338 g/mol. The highest BCUT2D eigenvalue weighted by atomic mass is 16.5. The first kappa shape index (κ1) is 17.6. The minimum atomic E-state index is 0.0945. The minimum absolute atomic E-state index is 0.0945. The Balaban J connectivity index is 1.59. The first-order valence-electron chi connectivity index (χ1n) is 8.91. The number of carbonyl (C=O) groups is 1. The molecule has 4 nitrogen and oxygen atoms in total. The molecule has 0 radical (unpaired) electrons. The SMILES string of the molecule is CO[C@H]1CN(C(=O)Cc2ccnc(C)c2)CC[C@@H]1Cc1ccccc1. The minimum Gasteiger partial charge on any atom is -0.379 e. The van der Waals surface area contributed by atoms with Gasteiger partial charge in [-0.2, -0.15) is 0 Å². The molecule has 0 aliphatic carbocycles. The number of ether oxygens (including phenoxy) is 1. The van der Waals surface area contributed by atoms with Gasteiger partial charge < -0.3 is 9.64 Å². The molecule has 1 fully saturated rings. The molecule has 2 atom stereocenters. The van der Waals surface area contributed by atoms with Crippen LogP contribution in [0.4, 0.5) is 0 Å². The van der Waals surface area contributed by atoms with Crippen LogP contribution in [0.25, 0.3) is 0 Å². The highest BCUT2D eigenvalue weighted by Crippen LogP contribution is 2.24. The largest absolute Gasteiger partial charge is 0.379 e. The quantitative estimate of drug-likeness (QED) is 0.841. The third-order valence-electron chi connectivity index (χ3n) is 5.01. The van der Waals surface area contributed by atoms with Gasteiger partial charge >= 0.3 is 0 Å². The van der Waals surface area contributed by atoms with Crippen LogP contribution in [0.2, 0.25) is 0 Å². The molecule has 1 aromatic carbocycles. The Labute approximate surface area is 149 Å². The second-order valence-corrected chi connectivity index (χ2v) is 6.83. The number of likely N-dealkylation sites (tertiary alicyclic amines) is 1. The van der Waals surface area contributed by atoms with Gasteiger partial charge in [0.15, 0.2) is 0 Å². The number of hydrogen-bond acceptors (Lipinski definition) is 3. The molecule has 1 aliphatic rings. The topological polar surface area (TPSA) is 42.4 Å². The lowest BCUT2D eigenvalue weighted by atomic mass is 9.87. The van der Waals surface area contributed by atoms with Crippen LogP contribution in [0.15, 0.2) is 48.7 Å². The molecule has 0 bridgehead atoms. The van der Waals surface area contributed by atoms with Crippen molar-refractivity contribution in [1.29, 1.82) is 0 Å². The number of nitrogens with zero attached hydrogens (tertiary/aromatic N) is 2. The zero-order chi connectivity index (χ0) is 17.6. The van der Waals surface area contributed by atoms with Crippen molar-refractivity contribution in [2.24, 2.45) is 5.92 Å². The van der Waals surface area contributed by atoms with Crippen molar-refractivity contribution in [2.45, 2.75) is 32.3 Å². The van der Waals surface area contributed by atoms with E-state index in [4.69, 9.17) is 4.74 Å². The normalized spacial score (nSPS) is 20.5. The molecule has 0 spiro atoms. The molecule has 2 aromatic rings. The Bertz CT molecular complexity index is 702. The average Bonchev–Trinajstić information content (AvgIpc) is 2.63. The zero-order valence-corrected chi connectivity index (χ0v) is 15.0. The molecule has 0 saturated carbocycles. The predicted octanol–water partition coefficient (Wildman–Crippen LogP) is 3.04. The van der Waals surface area contributed by atoms with Crippen molar-refractivity contribution in [3.63, 3.8) is 0 Å². The zero-order valence-electron chi connectivity index (χ0n) is 15.0. The van der Waals surface area contributed by atoms with Gasteiger partial charge in [-0.3, -0.25) is 9.78 Å². The van der Waals surface area contributed by atoms with Crippen LogP contribution in [-0.2, 0) is 22.4 Å². The Morgan fingerprint density at radius 3 is 2.76 bits per heavy atom. The second-order valence-electron chi connectivity index (χ2n) is 6.83. The first-order chi connectivity index (χ1) is 12.2. The molecule has 25 heavy (non-hydrogen) atoms. The third kappa shape index (κ3) is 4.67. The molecule has 0 N–H and O–H groups in total. The number of benzene rings is 1. The van der Waals surface area contributed by atoms with E-state index in [0.29, 0.717) is 18.9 Å². The number of pyridine rings is 1. The number of rotatable bonds is 5. The number of methoxy groups -OCH3 is 1. The van der Waals surface area contributed by atoms with Crippen LogP contribution in [0.3, 0.4) is 0 Å². The van der Waals surface area contributed by atoms with Gasteiger partial charge in [0.25, 0.3) is 0 Å². The number of piperidine rings is 1. The fraction of sp³-hybridized carbons (Fsp3) is 0.429. The van der Waals surface area contributed by atoms with Gasteiger partial charge in [0, 0.05) is 32.1 Å². The van der Waals surface area contributed by atoms with E-state index in [9.17, 15) is 4.79 Å². The maximum atomic E-state index is 12.7. The number of amides is 1. The van der Waals surface area contributed by atoms with E-state index in [-0.39, 0.29) is 12.0 Å². The summed E-state index contributed by atoms with van der Waals surface area (Å²) in [6.07, 6.45) is 4.28. The summed E-state index contributed by atoms with van der Waals surface area (Å²) in [7, 11) is 1.75. The van der Waals surface area contributed by atoms with E-state index >= 15 is 0 Å². The Morgan fingerprint density at radius 2 is 2.04 bits per heavy atom. The van der Waals surface area contributed by atoms with Gasteiger partial charge in [0.2, 0.25) is 5.91 Å². The highest BCUT2D eigenvalue weighted by Gasteiger charge is 2.31. The van der Waals surface area contributed by atoms with E-state index in [1.807, 2.05) is 30.0 Å². The Kier molecular flexibility index (Phi) is 5.82. The molecule has 1 aliphatic heterocycles. The highest BCUT2D eigenvalue weighted by molar-refractivity contribution is 5.78. The van der Waals surface area contributed by atoms with Crippen LogP contribution < -0.4 is 0 Å². The molecule has 132 valence electrons. The van der Waals surface area contributed by atoms with Crippen molar-refractivity contribution in [2.75, 3.05) is 20.2 Å². The molecule has 3 rings (SSSR count). The molecular weight excluding hydrogens is 312 g/mol. The maximum absolute atomic E-state index is 12.7. The summed E-state index contributed by atoms with van der Waals surface area (Å²) in [6.45, 7) is 3.43. The lowest BCUT2D eigenvalue weighted by Gasteiger charge is -2.38. The van der Waals surface area contributed by atoms with Crippen molar-refractivity contribution >= 4 is 5.91 Å². The molecular formula is C21H26N2O2. The van der Waals surface area contributed by atoms with Crippen molar-refractivity contribution in [3.8, 4) is 0 Å². The molecule has 0 unspecified atom stereocenters. The monoisotopic (exact) mass is 338 g/mol. The summed E-state index contributed by atoms with van der Waals surface area (Å²) in [5, 5.41) is 0. The molecule has 1 saturated heterocycles. The van der Waals surface area contributed by atoms with Gasteiger partial charge in [-0.15, -0.1) is 0 Å². The van der Waals surface area contributed by atoms with Gasteiger partial charge in [-0.1, -0.05) is 30.3 Å². The fourth-order valence-electron chi connectivity index (χ4n) is 3.61. The van der Waals surface area contributed by atoms with E-state index in [1.165, 1.54) is 5.56 Å². The van der Waals surface area contributed by atoms with E-state index in [2.05, 4.69) is 29.2 Å². The summed E-state index contributed by atoms with van der Waals surface area (Å²) >= 11 is 0. The Morgan fingerprint density at radius 1 is 1.24 bits per heavy atom. The lowest BCUT2D eigenvalue weighted by Crippen LogP contribution is -2.48. The fourth-order valence-corrected chi connectivity index (χ4v) is 3.61. The Hall–Kier alpha value is -2.20. The lowest BCUT2D eigenvalue weighted by molar-refractivity contribution is -0.135. The molecule has 2 heterocycles. The van der Waals surface area contributed by atoms with Crippen molar-refractivity contribution < 1.29 is 9.53 Å².